The van der Waals surface area contributed by atoms with Crippen LogP contribution in [-0.4, -0.2) is 10.9 Å². The predicted octanol–water partition coefficient (Wildman–Crippen LogP) is 2.48. The summed E-state index contributed by atoms with van der Waals surface area (Å²) in [5.74, 6) is 5.78. The summed E-state index contributed by atoms with van der Waals surface area (Å²) in [6.07, 6.45) is 1.73. The third kappa shape index (κ3) is 3.80. The topological polar surface area (TPSA) is 80.0 Å². The van der Waals surface area contributed by atoms with Gasteiger partial charge in [0, 0.05) is 16.1 Å². The molecule has 112 valence electrons. The van der Waals surface area contributed by atoms with Crippen molar-refractivity contribution in [2.75, 3.05) is 5.43 Å². The van der Waals surface area contributed by atoms with Gasteiger partial charge in [-0.1, -0.05) is 13.8 Å². The Labute approximate surface area is 128 Å². The molecule has 0 spiro atoms. The van der Waals surface area contributed by atoms with Crippen molar-refractivity contribution >= 4 is 23.1 Å². The Morgan fingerprint density at radius 1 is 1.33 bits per heavy atom. The molecule has 2 aromatic heterocycles. The Hall–Kier alpha value is -1.92. The van der Waals surface area contributed by atoms with E-state index in [4.69, 9.17) is 5.84 Å². The van der Waals surface area contributed by atoms with Crippen LogP contribution in [0.3, 0.4) is 0 Å². The first-order valence-corrected chi connectivity index (χ1v) is 7.86. The summed E-state index contributed by atoms with van der Waals surface area (Å²) in [7, 11) is 0. The fourth-order valence-corrected chi connectivity index (χ4v) is 2.99. The number of hydrogen-bond acceptors (Lipinski definition) is 5. The van der Waals surface area contributed by atoms with Crippen molar-refractivity contribution in [1.82, 2.24) is 10.3 Å². The first-order chi connectivity index (χ1) is 10.2. The van der Waals surface area contributed by atoms with Crippen LogP contribution in [0.2, 0.25) is 0 Å². The second-order valence-electron chi connectivity index (χ2n) is 4.64. The normalized spacial score (nSPS) is 10.4. The van der Waals surface area contributed by atoms with Crippen molar-refractivity contribution < 1.29 is 4.79 Å². The summed E-state index contributed by atoms with van der Waals surface area (Å²) in [4.78, 5) is 17.8. The van der Waals surface area contributed by atoms with E-state index in [1.54, 1.807) is 23.5 Å². The zero-order chi connectivity index (χ0) is 15.2. The number of rotatable bonds is 6. The Balaban J connectivity index is 2.09. The Bertz CT molecular complexity index is 602. The minimum atomic E-state index is -0.112. The van der Waals surface area contributed by atoms with Crippen molar-refractivity contribution in [2.45, 2.75) is 33.2 Å². The second-order valence-corrected chi connectivity index (χ2v) is 5.64. The number of hydrogen-bond donors (Lipinski definition) is 3. The molecule has 1 amide bonds. The van der Waals surface area contributed by atoms with E-state index < -0.39 is 0 Å². The first kappa shape index (κ1) is 15.5. The Morgan fingerprint density at radius 2 is 2.14 bits per heavy atom. The number of carbonyl (C=O) groups excluding carboxylic acids is 1. The number of pyridine rings is 1. The van der Waals surface area contributed by atoms with Crippen molar-refractivity contribution in [3.05, 3.63) is 45.3 Å². The van der Waals surface area contributed by atoms with Crippen LogP contribution < -0.4 is 16.6 Å². The third-order valence-corrected chi connectivity index (χ3v) is 4.24. The number of aromatic nitrogens is 1. The molecule has 4 N–H and O–H groups in total. The van der Waals surface area contributed by atoms with E-state index >= 15 is 0 Å². The molecule has 0 aliphatic rings. The molecule has 0 atom stereocenters. The van der Waals surface area contributed by atoms with E-state index in [0.717, 1.165) is 18.5 Å². The Kier molecular flexibility index (Phi) is 5.30. The molecule has 0 aliphatic carbocycles. The maximum atomic E-state index is 12.3. The van der Waals surface area contributed by atoms with Crippen LogP contribution in [0.25, 0.3) is 0 Å². The molecule has 0 unspecified atom stereocenters. The van der Waals surface area contributed by atoms with Gasteiger partial charge in [0.15, 0.2) is 0 Å². The fourth-order valence-electron chi connectivity index (χ4n) is 2.07. The van der Waals surface area contributed by atoms with Crippen LogP contribution in [0.4, 0.5) is 5.82 Å². The average molecular weight is 304 g/mol. The summed E-state index contributed by atoms with van der Waals surface area (Å²) in [5.41, 5.74) is 5.19. The van der Waals surface area contributed by atoms with Crippen LogP contribution in [0.5, 0.6) is 0 Å². The van der Waals surface area contributed by atoms with Gasteiger partial charge >= 0.3 is 0 Å². The zero-order valence-electron chi connectivity index (χ0n) is 12.3. The molecule has 0 radical (unpaired) electrons. The molecule has 2 aromatic rings. The van der Waals surface area contributed by atoms with E-state index in [1.807, 2.05) is 6.92 Å². The molecular formula is C15H20N4OS. The number of nitrogens with two attached hydrogens (primary N) is 1. The summed E-state index contributed by atoms with van der Waals surface area (Å²) in [5, 5.41) is 5.01. The number of nitrogens with zero attached hydrogens (tertiary/aromatic N) is 1. The Morgan fingerprint density at radius 3 is 2.81 bits per heavy atom. The molecule has 0 saturated carbocycles. The summed E-state index contributed by atoms with van der Waals surface area (Å²) < 4.78 is 0. The van der Waals surface area contributed by atoms with Crippen LogP contribution in [0.15, 0.2) is 23.6 Å². The lowest BCUT2D eigenvalue weighted by atomic mass is 10.1. The number of aryl methyl sites for hydroxylation is 2. The number of thiophene rings is 1. The van der Waals surface area contributed by atoms with Gasteiger partial charge in [-0.15, -0.1) is 11.3 Å². The molecule has 6 heteroatoms. The number of anilines is 1. The lowest BCUT2D eigenvalue weighted by Crippen LogP contribution is -2.23. The highest BCUT2D eigenvalue weighted by Gasteiger charge is 2.10. The molecule has 0 bridgehead atoms. The number of hydrazine groups is 1. The lowest BCUT2D eigenvalue weighted by Gasteiger charge is -2.09. The van der Waals surface area contributed by atoms with Gasteiger partial charge in [0.2, 0.25) is 0 Å². The molecule has 2 rings (SSSR count). The van der Waals surface area contributed by atoms with E-state index in [2.05, 4.69) is 34.1 Å². The average Bonchev–Trinajstić information content (AvgIpc) is 2.99. The summed E-state index contributed by atoms with van der Waals surface area (Å²) in [6.45, 7) is 4.65. The van der Waals surface area contributed by atoms with Crippen LogP contribution in [0.1, 0.15) is 40.3 Å². The highest BCUT2D eigenvalue weighted by molar-refractivity contribution is 7.10. The van der Waals surface area contributed by atoms with E-state index in [0.29, 0.717) is 17.9 Å². The quantitative estimate of drug-likeness (QED) is 0.566. The lowest BCUT2D eigenvalue weighted by molar-refractivity contribution is 0.0951. The minimum absolute atomic E-state index is 0.112. The fraction of sp³-hybridized carbons (Fsp3) is 0.333. The molecule has 0 aromatic carbocycles. The standard InChI is InChI=1S/C15H20N4OS/c1-3-10-5-6-21-13(10)9-17-15(20)11-7-12(4-2)18-14(8-11)19-16/h5-8H,3-4,9,16H2,1-2H3,(H,17,20)(H,18,19). The number of carbonyl (C=O) groups is 1. The molecule has 0 fully saturated rings. The van der Waals surface area contributed by atoms with E-state index in [-0.39, 0.29) is 5.91 Å². The monoisotopic (exact) mass is 304 g/mol. The minimum Gasteiger partial charge on any atom is -0.347 e. The second kappa shape index (κ2) is 7.19. The van der Waals surface area contributed by atoms with Crippen molar-refractivity contribution in [1.29, 1.82) is 0 Å². The molecule has 2 heterocycles. The van der Waals surface area contributed by atoms with Gasteiger partial charge in [-0.05, 0) is 42.0 Å². The molecule has 5 nitrogen and oxygen atoms in total. The van der Waals surface area contributed by atoms with Crippen LogP contribution in [0, 0.1) is 0 Å². The third-order valence-electron chi connectivity index (χ3n) is 3.28. The van der Waals surface area contributed by atoms with Crippen molar-refractivity contribution in [3.63, 3.8) is 0 Å². The van der Waals surface area contributed by atoms with Crippen molar-refractivity contribution in [2.24, 2.45) is 5.84 Å². The summed E-state index contributed by atoms with van der Waals surface area (Å²) >= 11 is 1.67. The molecule has 21 heavy (non-hydrogen) atoms. The SMILES string of the molecule is CCc1cc(C(=O)NCc2sccc2CC)cc(NN)n1. The molecule has 0 aliphatic heterocycles. The van der Waals surface area contributed by atoms with Gasteiger partial charge in [-0.25, -0.2) is 10.8 Å². The van der Waals surface area contributed by atoms with Gasteiger partial charge in [0.25, 0.3) is 5.91 Å². The van der Waals surface area contributed by atoms with Crippen LogP contribution in [-0.2, 0) is 19.4 Å². The van der Waals surface area contributed by atoms with Crippen molar-refractivity contribution in [3.8, 4) is 0 Å². The maximum absolute atomic E-state index is 12.3. The largest absolute Gasteiger partial charge is 0.347 e. The van der Waals surface area contributed by atoms with E-state index in [1.165, 1.54) is 10.4 Å². The smallest absolute Gasteiger partial charge is 0.251 e. The van der Waals surface area contributed by atoms with Crippen LogP contribution >= 0.6 is 11.3 Å². The highest BCUT2D eigenvalue weighted by atomic mass is 32.1. The highest BCUT2D eigenvalue weighted by Crippen LogP contribution is 2.17. The van der Waals surface area contributed by atoms with E-state index in [9.17, 15) is 4.79 Å². The van der Waals surface area contributed by atoms with Gasteiger partial charge in [-0.3, -0.25) is 4.79 Å². The molecular weight excluding hydrogens is 284 g/mol. The van der Waals surface area contributed by atoms with Gasteiger partial charge in [-0.2, -0.15) is 0 Å². The van der Waals surface area contributed by atoms with Gasteiger partial charge < -0.3 is 10.7 Å². The summed E-state index contributed by atoms with van der Waals surface area (Å²) in [6, 6.07) is 5.55. The first-order valence-electron chi connectivity index (χ1n) is 6.98. The number of amides is 1. The van der Waals surface area contributed by atoms with Gasteiger partial charge in [0.1, 0.15) is 5.82 Å². The molecule has 0 saturated heterocycles. The number of nitrogens with one attached hydrogen (secondary N) is 2. The predicted molar refractivity (Wildman–Crippen MR) is 86.3 cm³/mol. The van der Waals surface area contributed by atoms with Gasteiger partial charge in [0.05, 0.1) is 6.54 Å². The maximum Gasteiger partial charge on any atom is 0.251 e. The zero-order valence-corrected chi connectivity index (χ0v) is 13.1. The number of nitrogen functional groups attached to an aromatic ring is 1.